The van der Waals surface area contributed by atoms with Crippen LogP contribution in [-0.2, 0) is 11.3 Å². The van der Waals surface area contributed by atoms with Crippen LogP contribution in [0.2, 0.25) is 0 Å². The number of allylic oxidation sites excluding steroid dienone is 4. The van der Waals surface area contributed by atoms with Gasteiger partial charge in [-0.2, -0.15) is 13.2 Å². The van der Waals surface area contributed by atoms with Crippen LogP contribution < -0.4 is 10.6 Å². The van der Waals surface area contributed by atoms with Crippen molar-refractivity contribution in [2.24, 2.45) is 5.73 Å². The van der Waals surface area contributed by atoms with E-state index < -0.39 is 11.7 Å². The maximum absolute atomic E-state index is 13.4. The zero-order chi connectivity index (χ0) is 36.7. The average Bonchev–Trinajstić information content (AvgIpc) is 3.07. The van der Waals surface area contributed by atoms with E-state index in [1.807, 2.05) is 43.3 Å². The molecule has 0 saturated heterocycles. The molecule has 3 nitrogen and oxygen atoms in total. The molecular weight excluding hydrogens is 612 g/mol. The minimum Gasteiger partial charge on any atom is -0.342 e. The van der Waals surface area contributed by atoms with Crippen LogP contribution >= 0.6 is 0 Å². The molecule has 0 saturated carbocycles. The highest BCUT2D eigenvalue weighted by atomic mass is 19.4. The summed E-state index contributed by atoms with van der Waals surface area (Å²) >= 11 is 0. The van der Waals surface area contributed by atoms with Gasteiger partial charge in [0.05, 0.1) is 11.3 Å². The van der Waals surface area contributed by atoms with Crippen LogP contribution in [0.25, 0.3) is 0 Å². The van der Waals surface area contributed by atoms with E-state index in [0.717, 1.165) is 35.3 Å². The summed E-state index contributed by atoms with van der Waals surface area (Å²) in [6.07, 6.45) is 2.12. The maximum Gasteiger partial charge on any atom is 0.416 e. The summed E-state index contributed by atoms with van der Waals surface area (Å²) in [5.41, 5.74) is 9.21. The monoisotopic (exact) mass is 670 g/mol. The van der Waals surface area contributed by atoms with Crippen LogP contribution in [0.1, 0.15) is 108 Å². The normalized spacial score (nSPS) is 12.0. The van der Waals surface area contributed by atoms with Crippen molar-refractivity contribution in [2.75, 3.05) is 11.9 Å². The molecule has 0 bridgehead atoms. The first-order valence-electron chi connectivity index (χ1n) is 17.0. The summed E-state index contributed by atoms with van der Waals surface area (Å²) in [5.74, 6) is -0.0360. The molecule has 3 aromatic rings. The van der Waals surface area contributed by atoms with Crippen molar-refractivity contribution in [2.45, 2.75) is 113 Å². The Hall–Kier alpha value is -3.71. The van der Waals surface area contributed by atoms with E-state index in [1.54, 1.807) is 45.2 Å². The number of halogens is 4. The van der Waals surface area contributed by atoms with Gasteiger partial charge in [0.15, 0.2) is 5.78 Å². The average molecular weight is 671 g/mol. The molecule has 0 aliphatic rings. The van der Waals surface area contributed by atoms with Gasteiger partial charge in [-0.25, -0.2) is 4.39 Å². The minimum absolute atomic E-state index is 0.0213. The van der Waals surface area contributed by atoms with Gasteiger partial charge in [0, 0.05) is 25.7 Å². The van der Waals surface area contributed by atoms with Crippen molar-refractivity contribution in [3.63, 3.8) is 0 Å². The summed E-state index contributed by atoms with van der Waals surface area (Å²) < 4.78 is 53.2. The molecule has 0 aliphatic heterocycles. The SMILES string of the molecule is CC/C=C(/C=C(/C(=O)CCC)N(C)c1cccc(CN)c1)C(F)(F)F.CCC(C)c1cccc(C)c1F.CCCC.Cc1ccccc1. The lowest BCUT2D eigenvalue weighted by atomic mass is 9.96. The topological polar surface area (TPSA) is 46.3 Å². The van der Waals surface area contributed by atoms with Crippen molar-refractivity contribution in [3.05, 3.63) is 124 Å². The molecule has 3 aromatic carbocycles. The van der Waals surface area contributed by atoms with Crippen molar-refractivity contribution in [3.8, 4) is 0 Å². The minimum atomic E-state index is -4.51. The number of hydrogen-bond acceptors (Lipinski definition) is 3. The van der Waals surface area contributed by atoms with Crippen LogP contribution in [0.3, 0.4) is 0 Å². The molecule has 0 fully saturated rings. The Morgan fingerprint density at radius 3 is 1.94 bits per heavy atom. The summed E-state index contributed by atoms with van der Waals surface area (Å²) in [7, 11) is 1.59. The van der Waals surface area contributed by atoms with Gasteiger partial charge in [-0.3, -0.25) is 4.79 Å². The molecule has 1 unspecified atom stereocenters. The summed E-state index contributed by atoms with van der Waals surface area (Å²) in [5, 5.41) is 0. The molecule has 0 heterocycles. The summed E-state index contributed by atoms with van der Waals surface area (Å²) in [6, 6.07) is 23.0. The smallest absolute Gasteiger partial charge is 0.342 e. The first kappa shape index (κ1) is 44.3. The third kappa shape index (κ3) is 16.9. The molecule has 0 spiro atoms. The number of unbranched alkanes of at least 4 members (excludes halogenated alkanes) is 1. The highest BCUT2D eigenvalue weighted by Crippen LogP contribution is 2.30. The molecule has 266 valence electrons. The van der Waals surface area contributed by atoms with E-state index in [1.165, 1.54) is 23.3 Å². The largest absolute Gasteiger partial charge is 0.416 e. The number of nitrogens with zero attached hydrogens (tertiary/aromatic N) is 1. The second-order valence-electron chi connectivity index (χ2n) is 11.6. The fourth-order valence-electron chi connectivity index (χ4n) is 4.18. The molecule has 48 heavy (non-hydrogen) atoms. The number of carbonyl (C=O) groups is 1. The lowest BCUT2D eigenvalue weighted by molar-refractivity contribution is -0.115. The fraction of sp³-hybridized carbons (Fsp3) is 0.439. The molecule has 2 N–H and O–H groups in total. The number of alkyl halides is 3. The van der Waals surface area contributed by atoms with Crippen LogP contribution in [-0.4, -0.2) is 19.0 Å². The number of benzene rings is 3. The molecule has 1 atom stereocenters. The van der Waals surface area contributed by atoms with Crippen molar-refractivity contribution in [1.82, 2.24) is 0 Å². The zero-order valence-electron chi connectivity index (χ0n) is 30.6. The number of nitrogens with two attached hydrogens (primary N) is 1. The maximum atomic E-state index is 13.4. The number of likely N-dealkylation sites (N-methyl/N-ethyl adjacent to an activating group) is 1. The number of ketones is 1. The summed E-state index contributed by atoms with van der Waals surface area (Å²) in [6.45, 7) is 16.1. The van der Waals surface area contributed by atoms with Crippen LogP contribution in [0.4, 0.5) is 23.2 Å². The van der Waals surface area contributed by atoms with Gasteiger partial charge in [0.25, 0.3) is 0 Å². The van der Waals surface area contributed by atoms with E-state index >= 15 is 0 Å². The lowest BCUT2D eigenvalue weighted by Crippen LogP contribution is -2.25. The van der Waals surface area contributed by atoms with Crippen molar-refractivity contribution in [1.29, 1.82) is 0 Å². The molecule has 7 heteroatoms. The standard InChI is InChI=1S/C19H25F3N2O.C11H15F.C7H8.C4H10/c1-4-7-15(19(20,21)22)12-17(18(25)8-5-2)24(3)16-10-6-9-14(11-16)13-23;1-4-8(2)10-7-5-6-9(3)11(10)12;1-7-5-3-2-4-6-7;1-3-4-2/h6-7,9-12H,4-5,8,13,23H2,1-3H3;5-8H,4H2,1-3H3;2-6H,1H3;3-4H2,1-2H3/b15-7-,17-12-;;;. The molecule has 0 aromatic heterocycles. The Labute approximate surface area is 288 Å². The molecule has 0 amide bonds. The van der Waals surface area contributed by atoms with E-state index in [0.29, 0.717) is 24.6 Å². The van der Waals surface area contributed by atoms with Gasteiger partial charge in [-0.1, -0.05) is 127 Å². The Bertz CT molecular complexity index is 1380. The highest BCUT2D eigenvalue weighted by Gasteiger charge is 2.33. The first-order valence-corrected chi connectivity index (χ1v) is 17.0. The van der Waals surface area contributed by atoms with Crippen molar-refractivity contribution >= 4 is 11.5 Å². The predicted octanol–water partition coefficient (Wildman–Crippen LogP) is 12.2. The van der Waals surface area contributed by atoms with Crippen LogP contribution in [0.5, 0.6) is 0 Å². The number of rotatable bonds is 11. The number of carbonyl (C=O) groups excluding carboxylic acids is 1. The van der Waals surface area contributed by atoms with E-state index in [2.05, 4.69) is 46.8 Å². The van der Waals surface area contributed by atoms with Gasteiger partial charge in [-0.05, 0) is 73.9 Å². The van der Waals surface area contributed by atoms with E-state index in [4.69, 9.17) is 5.73 Å². The van der Waals surface area contributed by atoms with Gasteiger partial charge in [-0.15, -0.1) is 0 Å². The van der Waals surface area contributed by atoms with Gasteiger partial charge in [0.1, 0.15) is 5.82 Å². The Morgan fingerprint density at radius 2 is 1.48 bits per heavy atom. The number of Topliss-reactive ketones (excluding diaryl/α,β-unsaturated/α-hetero) is 1. The third-order valence-corrected chi connectivity index (χ3v) is 7.51. The molecular formula is C41H58F4N2O. The van der Waals surface area contributed by atoms with Crippen LogP contribution in [0.15, 0.2) is 96.2 Å². The fourth-order valence-corrected chi connectivity index (χ4v) is 4.18. The molecule has 3 rings (SSSR count). The number of aryl methyl sites for hydroxylation is 2. The zero-order valence-corrected chi connectivity index (χ0v) is 30.6. The molecule has 0 radical (unpaired) electrons. The van der Waals surface area contributed by atoms with Gasteiger partial charge >= 0.3 is 6.18 Å². The number of anilines is 1. The Morgan fingerprint density at radius 1 is 0.875 bits per heavy atom. The second kappa shape index (κ2) is 24.4. The van der Waals surface area contributed by atoms with E-state index in [-0.39, 0.29) is 30.1 Å². The van der Waals surface area contributed by atoms with E-state index in [9.17, 15) is 22.4 Å². The van der Waals surface area contributed by atoms with Crippen molar-refractivity contribution < 1.29 is 22.4 Å². The molecule has 0 aliphatic carbocycles. The lowest BCUT2D eigenvalue weighted by Gasteiger charge is -2.23. The number of hydrogen-bond donors (Lipinski definition) is 1. The first-order chi connectivity index (χ1) is 22.7. The van der Waals surface area contributed by atoms with Gasteiger partial charge in [0.2, 0.25) is 0 Å². The Balaban J connectivity index is 0.000000780. The highest BCUT2D eigenvalue weighted by molar-refractivity contribution is 5.99. The second-order valence-corrected chi connectivity index (χ2v) is 11.6. The quantitative estimate of drug-likeness (QED) is 0.125. The van der Waals surface area contributed by atoms with Gasteiger partial charge < -0.3 is 10.6 Å². The third-order valence-electron chi connectivity index (χ3n) is 7.51. The Kier molecular flexibility index (Phi) is 22.5. The summed E-state index contributed by atoms with van der Waals surface area (Å²) in [4.78, 5) is 13.9. The predicted molar refractivity (Wildman–Crippen MR) is 197 cm³/mol. The van der Waals surface area contributed by atoms with Crippen LogP contribution in [0, 0.1) is 19.7 Å².